The molecule has 0 bridgehead atoms. The van der Waals surface area contributed by atoms with Gasteiger partial charge in [-0.2, -0.15) is 0 Å². The van der Waals surface area contributed by atoms with E-state index in [1.54, 1.807) is 11.3 Å². The number of likely N-dealkylation sites (tertiary alicyclic amines) is 1. The fourth-order valence-corrected chi connectivity index (χ4v) is 3.87. The molecule has 0 saturated carbocycles. The number of aliphatic hydroxyl groups excluding tert-OH is 1. The Kier molecular flexibility index (Phi) is 3.80. The standard InChI is InChI=1S/C17H19N3O2S/c1-12-14(20-7-8-23-17(20)18-12)9-19-10-15(21)16(11-19)22-13-5-3-2-4-6-13/h2-8,15-16,21H,9-11H2,1H3/t15-,16-/m1/s1. The molecular weight excluding hydrogens is 310 g/mol. The van der Waals surface area contributed by atoms with E-state index in [1.807, 2.05) is 42.6 Å². The van der Waals surface area contributed by atoms with Crippen molar-refractivity contribution in [2.24, 2.45) is 0 Å². The van der Waals surface area contributed by atoms with Gasteiger partial charge in [0, 0.05) is 31.2 Å². The van der Waals surface area contributed by atoms with Crippen molar-refractivity contribution in [3.05, 3.63) is 53.3 Å². The first-order valence-electron chi connectivity index (χ1n) is 7.74. The van der Waals surface area contributed by atoms with Crippen LogP contribution < -0.4 is 4.74 Å². The van der Waals surface area contributed by atoms with Gasteiger partial charge in [-0.1, -0.05) is 18.2 Å². The molecule has 120 valence electrons. The van der Waals surface area contributed by atoms with Crippen LogP contribution in [-0.4, -0.2) is 44.7 Å². The Morgan fingerprint density at radius 1 is 1.30 bits per heavy atom. The van der Waals surface area contributed by atoms with Crippen LogP contribution in [0.1, 0.15) is 11.4 Å². The second kappa shape index (κ2) is 5.96. The van der Waals surface area contributed by atoms with Crippen molar-refractivity contribution < 1.29 is 9.84 Å². The average Bonchev–Trinajstić information content (AvgIpc) is 3.19. The lowest BCUT2D eigenvalue weighted by Gasteiger charge is -2.17. The number of imidazole rings is 1. The zero-order valence-electron chi connectivity index (χ0n) is 12.9. The quantitative estimate of drug-likeness (QED) is 0.798. The number of aromatic nitrogens is 2. The summed E-state index contributed by atoms with van der Waals surface area (Å²) in [6.07, 6.45) is 1.39. The zero-order valence-corrected chi connectivity index (χ0v) is 13.7. The number of β-amino-alcohol motifs (C(OH)–C–C–N with tert-alkyl or cyclic N) is 1. The molecule has 3 aromatic rings. The predicted molar refractivity (Wildman–Crippen MR) is 89.9 cm³/mol. The van der Waals surface area contributed by atoms with E-state index in [0.29, 0.717) is 13.1 Å². The molecule has 0 unspecified atom stereocenters. The number of hydrogen-bond acceptors (Lipinski definition) is 5. The molecule has 2 atom stereocenters. The van der Waals surface area contributed by atoms with Crippen molar-refractivity contribution in [1.29, 1.82) is 0 Å². The molecule has 0 spiro atoms. The van der Waals surface area contributed by atoms with Gasteiger partial charge in [0.2, 0.25) is 0 Å². The van der Waals surface area contributed by atoms with Gasteiger partial charge in [-0.25, -0.2) is 4.98 Å². The Hall–Kier alpha value is -1.89. The van der Waals surface area contributed by atoms with Gasteiger partial charge in [-0.15, -0.1) is 11.3 Å². The number of nitrogens with zero attached hydrogens (tertiary/aromatic N) is 3. The molecule has 1 saturated heterocycles. The van der Waals surface area contributed by atoms with Crippen molar-refractivity contribution in [3.8, 4) is 5.75 Å². The number of rotatable bonds is 4. The van der Waals surface area contributed by atoms with Gasteiger partial charge < -0.3 is 9.84 Å². The average molecular weight is 329 g/mol. The van der Waals surface area contributed by atoms with Crippen molar-refractivity contribution >= 4 is 16.3 Å². The Balaban J connectivity index is 1.47. The Morgan fingerprint density at radius 2 is 2.13 bits per heavy atom. The van der Waals surface area contributed by atoms with Crippen LogP contribution in [-0.2, 0) is 6.54 Å². The zero-order chi connectivity index (χ0) is 15.8. The van der Waals surface area contributed by atoms with Crippen molar-refractivity contribution in [2.45, 2.75) is 25.7 Å². The number of fused-ring (bicyclic) bond motifs is 1. The molecule has 1 fully saturated rings. The van der Waals surface area contributed by atoms with E-state index in [1.165, 1.54) is 5.69 Å². The van der Waals surface area contributed by atoms with E-state index < -0.39 is 6.10 Å². The summed E-state index contributed by atoms with van der Waals surface area (Å²) in [5.41, 5.74) is 2.24. The fraction of sp³-hybridized carbons (Fsp3) is 0.353. The maximum Gasteiger partial charge on any atom is 0.194 e. The molecule has 23 heavy (non-hydrogen) atoms. The summed E-state index contributed by atoms with van der Waals surface area (Å²) in [5, 5.41) is 12.4. The normalized spacial score (nSPS) is 22.0. The maximum absolute atomic E-state index is 10.3. The number of aryl methyl sites for hydroxylation is 1. The highest BCUT2D eigenvalue weighted by atomic mass is 32.1. The van der Waals surface area contributed by atoms with E-state index in [9.17, 15) is 5.11 Å². The molecule has 2 aromatic heterocycles. The minimum atomic E-state index is -0.471. The highest BCUT2D eigenvalue weighted by Gasteiger charge is 2.33. The summed E-state index contributed by atoms with van der Waals surface area (Å²) in [6.45, 7) is 4.15. The molecule has 0 aliphatic carbocycles. The summed E-state index contributed by atoms with van der Waals surface area (Å²) in [4.78, 5) is 7.83. The SMILES string of the molecule is Cc1nc2sccn2c1CN1C[C@@H](O)[C@H](Oc2ccccc2)C1. The number of thiazole rings is 1. The second-order valence-corrected chi connectivity index (χ2v) is 6.80. The van der Waals surface area contributed by atoms with Gasteiger partial charge in [0.25, 0.3) is 0 Å². The van der Waals surface area contributed by atoms with Gasteiger partial charge in [0.1, 0.15) is 18.0 Å². The predicted octanol–water partition coefficient (Wildman–Crippen LogP) is 2.33. The minimum absolute atomic E-state index is 0.191. The third kappa shape index (κ3) is 2.85. The first-order valence-corrected chi connectivity index (χ1v) is 8.62. The molecule has 0 amide bonds. The van der Waals surface area contributed by atoms with E-state index in [0.717, 1.165) is 22.9 Å². The van der Waals surface area contributed by atoms with Crippen LogP contribution in [0.3, 0.4) is 0 Å². The molecule has 1 aliphatic rings. The first-order chi connectivity index (χ1) is 11.2. The van der Waals surface area contributed by atoms with Crippen LogP contribution in [0.25, 0.3) is 4.96 Å². The van der Waals surface area contributed by atoms with Crippen molar-refractivity contribution in [1.82, 2.24) is 14.3 Å². The second-order valence-electron chi connectivity index (χ2n) is 5.93. The van der Waals surface area contributed by atoms with Crippen LogP contribution in [0.2, 0.25) is 0 Å². The lowest BCUT2D eigenvalue weighted by Crippen LogP contribution is -2.29. The van der Waals surface area contributed by atoms with Crippen LogP contribution in [0.4, 0.5) is 0 Å². The summed E-state index contributed by atoms with van der Waals surface area (Å²) >= 11 is 1.64. The molecule has 4 rings (SSSR count). The highest BCUT2D eigenvalue weighted by Crippen LogP contribution is 2.23. The fourth-order valence-electron chi connectivity index (χ4n) is 3.09. The number of ether oxygens (including phenoxy) is 1. The Bertz CT molecular complexity index is 799. The van der Waals surface area contributed by atoms with Crippen LogP contribution in [0, 0.1) is 6.92 Å². The molecular formula is C17H19N3O2S. The number of aliphatic hydroxyl groups is 1. The minimum Gasteiger partial charge on any atom is -0.486 e. The summed E-state index contributed by atoms with van der Waals surface area (Å²) in [6, 6.07) is 9.68. The number of benzene rings is 1. The largest absolute Gasteiger partial charge is 0.486 e. The highest BCUT2D eigenvalue weighted by molar-refractivity contribution is 7.15. The number of hydrogen-bond donors (Lipinski definition) is 1. The summed E-state index contributed by atoms with van der Waals surface area (Å²) in [5.74, 6) is 0.805. The molecule has 0 radical (unpaired) electrons. The van der Waals surface area contributed by atoms with Crippen molar-refractivity contribution in [3.63, 3.8) is 0 Å². The first kappa shape index (κ1) is 14.7. The van der Waals surface area contributed by atoms with E-state index in [2.05, 4.69) is 20.5 Å². The molecule has 1 aliphatic heterocycles. The monoisotopic (exact) mass is 329 g/mol. The van der Waals surface area contributed by atoms with Crippen LogP contribution in [0.15, 0.2) is 41.9 Å². The Labute approximate surface area is 138 Å². The van der Waals surface area contributed by atoms with Gasteiger partial charge in [0.05, 0.1) is 11.4 Å². The van der Waals surface area contributed by atoms with Crippen LogP contribution in [0.5, 0.6) is 5.75 Å². The summed E-state index contributed by atoms with van der Waals surface area (Å²) in [7, 11) is 0. The topological polar surface area (TPSA) is 50.0 Å². The van der Waals surface area contributed by atoms with E-state index in [-0.39, 0.29) is 6.10 Å². The van der Waals surface area contributed by atoms with Crippen LogP contribution >= 0.6 is 11.3 Å². The smallest absolute Gasteiger partial charge is 0.194 e. The molecule has 5 nitrogen and oxygen atoms in total. The molecule has 3 heterocycles. The van der Waals surface area contributed by atoms with Crippen molar-refractivity contribution in [2.75, 3.05) is 13.1 Å². The molecule has 6 heteroatoms. The van der Waals surface area contributed by atoms with Gasteiger partial charge in [0.15, 0.2) is 4.96 Å². The Morgan fingerprint density at radius 3 is 2.96 bits per heavy atom. The maximum atomic E-state index is 10.3. The third-order valence-corrected chi connectivity index (χ3v) is 5.03. The van der Waals surface area contributed by atoms with E-state index >= 15 is 0 Å². The lowest BCUT2D eigenvalue weighted by atomic mass is 10.2. The lowest BCUT2D eigenvalue weighted by molar-refractivity contribution is 0.0737. The van der Waals surface area contributed by atoms with Gasteiger partial charge in [-0.3, -0.25) is 9.30 Å². The van der Waals surface area contributed by atoms with Gasteiger partial charge in [-0.05, 0) is 19.1 Å². The molecule has 1 aromatic carbocycles. The summed E-state index contributed by atoms with van der Waals surface area (Å²) < 4.78 is 8.06. The van der Waals surface area contributed by atoms with E-state index in [4.69, 9.17) is 4.74 Å². The van der Waals surface area contributed by atoms with Gasteiger partial charge >= 0.3 is 0 Å². The number of para-hydroxylation sites is 1. The third-order valence-electron chi connectivity index (χ3n) is 4.28. The molecule has 1 N–H and O–H groups in total.